The van der Waals surface area contributed by atoms with Crippen LogP contribution in [0, 0.1) is 0 Å². The third-order valence-electron chi connectivity index (χ3n) is 6.29. The number of nitrogens with one attached hydrogen (secondary N) is 2. The lowest BCUT2D eigenvalue weighted by molar-refractivity contribution is -0.119. The van der Waals surface area contributed by atoms with E-state index in [-0.39, 0.29) is 5.91 Å². The van der Waals surface area contributed by atoms with Gasteiger partial charge in [0.1, 0.15) is 0 Å². The smallest absolute Gasteiger partial charge is 0.448 e. The summed E-state index contributed by atoms with van der Waals surface area (Å²) in [6, 6.07) is 24.3. The van der Waals surface area contributed by atoms with E-state index in [0.29, 0.717) is 6.54 Å². The first kappa shape index (κ1) is 25.7. The quantitative estimate of drug-likeness (QED) is 0.223. The van der Waals surface area contributed by atoms with E-state index in [0.717, 1.165) is 62.2 Å². The monoisotopic (exact) mass is 528 g/mol. The molecule has 0 saturated carbocycles. The number of aliphatic hydroxyl groups excluding tert-OH is 1. The van der Waals surface area contributed by atoms with E-state index in [1.165, 1.54) is 0 Å². The van der Waals surface area contributed by atoms with Gasteiger partial charge in [0.15, 0.2) is 5.76 Å². The molecular weight excluding hydrogens is 505 g/mol. The fourth-order valence-corrected chi connectivity index (χ4v) is 4.44. The molecule has 0 radical (unpaired) electrons. The second-order valence-electron chi connectivity index (χ2n) is 8.89. The minimum atomic E-state index is -4.64. The number of aromatic amines is 1. The van der Waals surface area contributed by atoms with Crippen LogP contribution >= 0.6 is 0 Å². The van der Waals surface area contributed by atoms with Gasteiger partial charge in [0.2, 0.25) is 0 Å². The number of para-hydroxylation sites is 1. The van der Waals surface area contributed by atoms with Crippen LogP contribution in [0.3, 0.4) is 0 Å². The van der Waals surface area contributed by atoms with Gasteiger partial charge in [-0.25, -0.2) is 0 Å². The molecule has 0 fully saturated rings. The van der Waals surface area contributed by atoms with Gasteiger partial charge in [0.25, 0.3) is 5.91 Å². The predicted molar refractivity (Wildman–Crippen MR) is 144 cm³/mol. The number of aliphatic hydroxyl groups is 1. The Labute approximate surface area is 221 Å². The number of carbonyl (C=O) groups excluding carboxylic acids is 1. The van der Waals surface area contributed by atoms with Crippen LogP contribution in [0.25, 0.3) is 44.5 Å². The van der Waals surface area contributed by atoms with Crippen LogP contribution in [0.4, 0.5) is 13.2 Å². The van der Waals surface area contributed by atoms with Crippen molar-refractivity contribution in [2.75, 3.05) is 6.54 Å². The highest BCUT2D eigenvalue weighted by atomic mass is 19.4. The van der Waals surface area contributed by atoms with Crippen LogP contribution in [-0.4, -0.2) is 38.7 Å². The van der Waals surface area contributed by atoms with Crippen molar-refractivity contribution in [2.45, 2.75) is 12.6 Å². The van der Waals surface area contributed by atoms with E-state index in [1.54, 1.807) is 0 Å². The number of hydrogen-bond donors (Lipinski definition) is 3. The molecule has 6 rings (SSSR count). The summed E-state index contributed by atoms with van der Waals surface area (Å²) in [6.45, 7) is 2.90. The summed E-state index contributed by atoms with van der Waals surface area (Å²) in [5, 5.41) is 11.6. The molecule has 2 aromatic carbocycles. The second kappa shape index (κ2) is 10.4. The molecular formula is C30H23F3N4O2. The number of rotatable bonds is 3. The fourth-order valence-electron chi connectivity index (χ4n) is 4.44. The third-order valence-corrected chi connectivity index (χ3v) is 6.29. The van der Waals surface area contributed by atoms with Gasteiger partial charge in [-0.05, 0) is 29.8 Å². The van der Waals surface area contributed by atoms with Gasteiger partial charge < -0.3 is 15.4 Å². The van der Waals surface area contributed by atoms with Crippen LogP contribution in [0.2, 0.25) is 0 Å². The Morgan fingerprint density at radius 1 is 0.897 bits per heavy atom. The van der Waals surface area contributed by atoms with Gasteiger partial charge in [-0.3, -0.25) is 14.8 Å². The number of amides is 1. The molecule has 3 aromatic heterocycles. The maximum atomic E-state index is 12.8. The molecule has 1 aliphatic rings. The maximum absolute atomic E-state index is 12.8. The van der Waals surface area contributed by atoms with E-state index in [9.17, 15) is 18.0 Å². The van der Waals surface area contributed by atoms with Crippen LogP contribution in [0.5, 0.6) is 0 Å². The molecule has 9 heteroatoms. The molecule has 6 nitrogen and oxygen atoms in total. The minimum Gasteiger partial charge on any atom is -0.505 e. The summed E-state index contributed by atoms with van der Waals surface area (Å²) in [6.07, 6.45) is -0.179. The van der Waals surface area contributed by atoms with Crippen molar-refractivity contribution in [3.8, 4) is 33.6 Å². The van der Waals surface area contributed by atoms with Crippen molar-refractivity contribution in [1.82, 2.24) is 20.3 Å². The third kappa shape index (κ3) is 5.38. The molecule has 196 valence electrons. The van der Waals surface area contributed by atoms with Gasteiger partial charge in [-0.2, -0.15) is 13.2 Å². The Morgan fingerprint density at radius 2 is 1.62 bits per heavy atom. The average molecular weight is 529 g/mol. The van der Waals surface area contributed by atoms with Gasteiger partial charge in [-0.15, -0.1) is 0 Å². The molecule has 4 heterocycles. The first-order chi connectivity index (χ1) is 18.7. The molecule has 5 aromatic rings. The number of hydrogen-bond acceptors (Lipinski definition) is 4. The van der Waals surface area contributed by atoms with Gasteiger partial charge in [0, 0.05) is 53.1 Å². The predicted octanol–water partition coefficient (Wildman–Crippen LogP) is 6.87. The molecule has 39 heavy (non-hydrogen) atoms. The maximum Gasteiger partial charge on any atom is 0.448 e. The van der Waals surface area contributed by atoms with Crippen molar-refractivity contribution >= 4 is 16.8 Å². The molecule has 0 unspecified atom stereocenters. The zero-order valence-corrected chi connectivity index (χ0v) is 20.6. The molecule has 0 saturated heterocycles. The lowest BCUT2D eigenvalue weighted by Crippen LogP contribution is -2.31. The van der Waals surface area contributed by atoms with E-state index in [1.807, 2.05) is 67.0 Å². The molecule has 0 bridgehead atoms. The summed E-state index contributed by atoms with van der Waals surface area (Å²) in [5.74, 6) is -1.78. The number of benzene rings is 2. The molecule has 1 aliphatic heterocycles. The number of fused-ring (bicyclic) bond motifs is 2. The number of aromatic nitrogens is 3. The Kier molecular flexibility index (Phi) is 6.89. The summed E-state index contributed by atoms with van der Waals surface area (Å²) >= 11 is 0. The first-order valence-electron chi connectivity index (χ1n) is 12.1. The number of carbonyl (C=O) groups is 1. The van der Waals surface area contributed by atoms with Crippen LogP contribution in [0.15, 0.2) is 97.5 Å². The highest BCUT2D eigenvalue weighted by Gasteiger charge is 2.31. The highest BCUT2D eigenvalue weighted by Crippen LogP contribution is 2.38. The zero-order chi connectivity index (χ0) is 27.6. The summed E-state index contributed by atoms with van der Waals surface area (Å²) in [4.78, 5) is 25.5. The standard InChI is InChI=1S/C27H20N4O.C3H3F3O/c32-27-25-22(11-13-29-27)31-26(24(25)17-6-2-1-3-7-17)19-10-12-28-23(15-19)20-14-18-8-4-5-9-21(18)30-16-20;1-2(7)3(4,5)6/h1-10,12,14-16,31H,11,13H2,(H,29,32);7H,1H2. The van der Waals surface area contributed by atoms with Crippen molar-refractivity contribution in [1.29, 1.82) is 0 Å². The van der Waals surface area contributed by atoms with E-state index in [4.69, 9.17) is 5.11 Å². The minimum absolute atomic E-state index is 0.0272. The Bertz CT molecular complexity index is 1680. The molecule has 0 spiro atoms. The lowest BCUT2D eigenvalue weighted by Gasteiger charge is -2.14. The van der Waals surface area contributed by atoms with E-state index >= 15 is 0 Å². The molecule has 3 N–H and O–H groups in total. The fraction of sp³-hybridized carbons (Fsp3) is 0.100. The number of halogens is 3. The van der Waals surface area contributed by atoms with E-state index in [2.05, 4.69) is 45.0 Å². The van der Waals surface area contributed by atoms with Gasteiger partial charge >= 0.3 is 6.18 Å². The van der Waals surface area contributed by atoms with Crippen molar-refractivity contribution in [3.05, 3.63) is 109 Å². The van der Waals surface area contributed by atoms with Crippen LogP contribution in [0.1, 0.15) is 16.1 Å². The summed E-state index contributed by atoms with van der Waals surface area (Å²) < 4.78 is 32.5. The number of nitrogens with zero attached hydrogens (tertiary/aromatic N) is 2. The van der Waals surface area contributed by atoms with Crippen molar-refractivity contribution < 1.29 is 23.1 Å². The second-order valence-corrected chi connectivity index (χ2v) is 8.89. The Balaban J connectivity index is 0.000000392. The van der Waals surface area contributed by atoms with Gasteiger partial charge in [0.05, 0.1) is 22.5 Å². The first-order valence-corrected chi connectivity index (χ1v) is 12.1. The number of allylic oxidation sites excluding steroid dienone is 1. The Morgan fingerprint density at radius 3 is 2.36 bits per heavy atom. The Hall–Kier alpha value is -4.92. The topological polar surface area (TPSA) is 90.9 Å². The number of pyridine rings is 2. The van der Waals surface area contributed by atoms with Crippen molar-refractivity contribution in [3.63, 3.8) is 0 Å². The summed E-state index contributed by atoms with van der Waals surface area (Å²) in [5.41, 5.74) is 8.37. The highest BCUT2D eigenvalue weighted by molar-refractivity contribution is 6.06. The van der Waals surface area contributed by atoms with Crippen molar-refractivity contribution in [2.24, 2.45) is 0 Å². The number of H-pyrrole nitrogens is 1. The molecule has 0 atom stereocenters. The SMILES string of the molecule is C=C(O)C(F)(F)F.O=C1NCCc2[nH]c(-c3ccnc(-c4cnc5ccccc5c4)c3)c(-c3ccccc3)c21. The number of alkyl halides is 3. The van der Waals surface area contributed by atoms with E-state index < -0.39 is 11.9 Å². The zero-order valence-electron chi connectivity index (χ0n) is 20.6. The lowest BCUT2D eigenvalue weighted by atomic mass is 9.94. The van der Waals surface area contributed by atoms with Gasteiger partial charge in [-0.1, -0.05) is 55.1 Å². The van der Waals surface area contributed by atoms with Crippen LogP contribution < -0.4 is 5.32 Å². The normalized spacial score (nSPS) is 12.7. The largest absolute Gasteiger partial charge is 0.505 e. The van der Waals surface area contributed by atoms with Crippen LogP contribution in [-0.2, 0) is 6.42 Å². The molecule has 0 aliphatic carbocycles. The average Bonchev–Trinajstić information content (AvgIpc) is 3.34. The summed E-state index contributed by atoms with van der Waals surface area (Å²) in [7, 11) is 0. The molecule has 1 amide bonds.